The Morgan fingerprint density at radius 2 is 0.946 bits per heavy atom. The van der Waals surface area contributed by atoms with E-state index in [0.717, 1.165) is 12.8 Å². The number of hydrogen-bond donors (Lipinski definition) is 0. The predicted molar refractivity (Wildman–Crippen MR) is 238 cm³/mol. The second kappa shape index (κ2) is 12.2. The Morgan fingerprint density at radius 3 is 1.68 bits per heavy atom. The van der Waals surface area contributed by atoms with Crippen LogP contribution < -0.4 is 0 Å². The lowest BCUT2D eigenvalue weighted by Crippen LogP contribution is -2.00. The minimum atomic E-state index is 1.07. The molecule has 2 nitrogen and oxygen atoms in total. The molecule has 1 aliphatic rings. The highest BCUT2D eigenvalue weighted by Gasteiger charge is 2.20. The molecule has 9 aromatic carbocycles. The van der Waals surface area contributed by atoms with Gasteiger partial charge in [-0.1, -0.05) is 133 Å². The molecule has 0 saturated heterocycles. The summed E-state index contributed by atoms with van der Waals surface area (Å²) in [6.07, 6.45) is 6.85. The zero-order valence-corrected chi connectivity index (χ0v) is 30.8. The molecule has 0 fully saturated rings. The lowest BCUT2D eigenvalue weighted by molar-refractivity contribution is 0.998. The van der Waals surface area contributed by atoms with E-state index in [-0.39, 0.29) is 0 Å². The summed E-state index contributed by atoms with van der Waals surface area (Å²) in [6.45, 7) is 0. The zero-order chi connectivity index (χ0) is 36.7. The molecule has 0 atom stereocenters. The molecule has 2 aromatic heterocycles. The van der Waals surface area contributed by atoms with Crippen LogP contribution in [0.15, 0.2) is 188 Å². The van der Waals surface area contributed by atoms with E-state index in [4.69, 9.17) is 0 Å². The van der Waals surface area contributed by atoms with Crippen molar-refractivity contribution >= 4 is 71.2 Å². The molecule has 0 radical (unpaired) electrons. The summed E-state index contributed by atoms with van der Waals surface area (Å²) in [4.78, 5) is 0. The Hall–Kier alpha value is -7.16. The Kier molecular flexibility index (Phi) is 6.79. The smallest absolute Gasteiger partial charge is 0.0541 e. The monoisotopic (exact) mass is 712 g/mol. The molecule has 12 rings (SSSR count). The molecule has 262 valence electrons. The first kappa shape index (κ1) is 31.2. The quantitative estimate of drug-likeness (QED) is 0.172. The number of aromatic nitrogens is 2. The predicted octanol–water partition coefficient (Wildman–Crippen LogP) is 14.5. The summed E-state index contributed by atoms with van der Waals surface area (Å²) in [6, 6.07) is 67.3. The topological polar surface area (TPSA) is 9.86 Å². The average Bonchev–Trinajstić information content (AvgIpc) is 3.78. The second-order valence-corrected chi connectivity index (χ2v) is 15.2. The first-order valence-corrected chi connectivity index (χ1v) is 19.7. The van der Waals surface area contributed by atoms with E-state index in [1.165, 1.54) is 110 Å². The van der Waals surface area contributed by atoms with Gasteiger partial charge < -0.3 is 9.13 Å². The number of para-hydroxylation sites is 3. The standard InChI is InChI=1S/C54H36N2/c1-2-15-38(16-3-1)55-50-24-12-10-22-45(50)48-32-35(26-29-53(48)55)36-27-30-54-49(33-36)46-23-11-13-25-51(46)56(54)52-31-28-43(41-19-8-9-21-44(41)52)47-34-37-14-4-5-17-39(37)40-18-6-7-20-42(40)47/h1-5,7-17,19-34H,6,18H2. The highest BCUT2D eigenvalue weighted by molar-refractivity contribution is 6.14. The maximum atomic E-state index is 2.48. The fourth-order valence-electron chi connectivity index (χ4n) is 9.68. The van der Waals surface area contributed by atoms with Crippen molar-refractivity contribution in [2.75, 3.05) is 0 Å². The van der Waals surface area contributed by atoms with E-state index in [1.807, 2.05) is 0 Å². The van der Waals surface area contributed by atoms with Crippen molar-refractivity contribution in [1.29, 1.82) is 0 Å². The zero-order valence-electron chi connectivity index (χ0n) is 30.8. The minimum absolute atomic E-state index is 1.07. The molecular formula is C54H36N2. The molecule has 0 saturated carbocycles. The number of hydrogen-bond acceptors (Lipinski definition) is 0. The third-order valence-electron chi connectivity index (χ3n) is 12.2. The van der Waals surface area contributed by atoms with Gasteiger partial charge in [0.25, 0.3) is 0 Å². The van der Waals surface area contributed by atoms with Crippen LogP contribution >= 0.6 is 0 Å². The average molecular weight is 713 g/mol. The van der Waals surface area contributed by atoms with Crippen molar-refractivity contribution in [2.45, 2.75) is 12.8 Å². The van der Waals surface area contributed by atoms with Gasteiger partial charge in [0, 0.05) is 32.6 Å². The highest BCUT2D eigenvalue weighted by Crippen LogP contribution is 2.43. The molecule has 0 amide bonds. The molecule has 11 aromatic rings. The van der Waals surface area contributed by atoms with Crippen molar-refractivity contribution in [2.24, 2.45) is 0 Å². The lowest BCUT2D eigenvalue weighted by Gasteiger charge is -2.21. The molecule has 0 unspecified atom stereocenters. The first-order valence-electron chi connectivity index (χ1n) is 19.7. The van der Waals surface area contributed by atoms with Crippen molar-refractivity contribution < 1.29 is 0 Å². The second-order valence-electron chi connectivity index (χ2n) is 15.2. The SMILES string of the molecule is C1=Cc2c(-c3ccc(-n4c5ccccc5c5cc(-c6ccc7c(c6)c6ccccc6n7-c6ccccc6)ccc54)c4ccccc34)cc3ccccc3c2CC1. The van der Waals surface area contributed by atoms with Crippen LogP contribution in [0.4, 0.5) is 0 Å². The molecule has 0 N–H and O–H groups in total. The van der Waals surface area contributed by atoms with Crippen LogP contribution in [0, 0.1) is 0 Å². The molecule has 2 heteroatoms. The van der Waals surface area contributed by atoms with Gasteiger partial charge in [-0.25, -0.2) is 0 Å². The van der Waals surface area contributed by atoms with Gasteiger partial charge in [0.1, 0.15) is 0 Å². The normalized spacial score (nSPS) is 12.8. The maximum Gasteiger partial charge on any atom is 0.0541 e. The number of fused-ring (bicyclic) bond motifs is 10. The van der Waals surface area contributed by atoms with Crippen LogP contribution in [0.3, 0.4) is 0 Å². The van der Waals surface area contributed by atoms with Crippen LogP contribution in [0.1, 0.15) is 17.5 Å². The highest BCUT2D eigenvalue weighted by atomic mass is 15.0. The minimum Gasteiger partial charge on any atom is -0.309 e. The van der Waals surface area contributed by atoms with E-state index in [0.29, 0.717) is 0 Å². The molecule has 0 bridgehead atoms. The van der Waals surface area contributed by atoms with Gasteiger partial charge in [-0.3, -0.25) is 0 Å². The van der Waals surface area contributed by atoms with E-state index in [1.54, 1.807) is 0 Å². The summed E-state index contributed by atoms with van der Waals surface area (Å²) in [5.41, 5.74) is 15.1. The molecule has 56 heavy (non-hydrogen) atoms. The van der Waals surface area contributed by atoms with E-state index < -0.39 is 0 Å². The molecular weight excluding hydrogens is 677 g/mol. The Bertz CT molecular complexity index is 3410. The fourth-order valence-corrected chi connectivity index (χ4v) is 9.68. The van der Waals surface area contributed by atoms with Crippen molar-refractivity contribution in [3.05, 3.63) is 199 Å². The Morgan fingerprint density at radius 1 is 0.375 bits per heavy atom. The summed E-state index contributed by atoms with van der Waals surface area (Å²) < 4.78 is 4.86. The first-order chi connectivity index (χ1) is 27.8. The van der Waals surface area contributed by atoms with E-state index in [9.17, 15) is 0 Å². The van der Waals surface area contributed by atoms with E-state index in [2.05, 4.69) is 203 Å². The van der Waals surface area contributed by atoms with Crippen LogP contribution in [-0.2, 0) is 6.42 Å². The van der Waals surface area contributed by atoms with Crippen LogP contribution in [0.25, 0.3) is 105 Å². The van der Waals surface area contributed by atoms with Gasteiger partial charge in [-0.15, -0.1) is 0 Å². The number of benzene rings is 9. The summed E-state index contributed by atoms with van der Waals surface area (Å²) in [7, 11) is 0. The van der Waals surface area contributed by atoms with Crippen LogP contribution in [-0.4, -0.2) is 9.13 Å². The molecule has 1 aliphatic carbocycles. The molecule has 0 spiro atoms. The van der Waals surface area contributed by atoms with Gasteiger partial charge in [0.2, 0.25) is 0 Å². The lowest BCUT2D eigenvalue weighted by atomic mass is 9.84. The molecule has 2 heterocycles. The van der Waals surface area contributed by atoms with Gasteiger partial charge in [0.15, 0.2) is 0 Å². The van der Waals surface area contributed by atoms with Crippen molar-refractivity contribution in [1.82, 2.24) is 9.13 Å². The Balaban J connectivity index is 1.05. The van der Waals surface area contributed by atoms with Gasteiger partial charge in [-0.2, -0.15) is 0 Å². The fraction of sp³-hybridized carbons (Fsp3) is 0.0370. The van der Waals surface area contributed by atoms with Gasteiger partial charge in [0.05, 0.1) is 27.8 Å². The number of aryl methyl sites for hydroxylation is 1. The Labute approximate surface area is 324 Å². The summed E-state index contributed by atoms with van der Waals surface area (Å²) >= 11 is 0. The number of nitrogens with zero attached hydrogens (tertiary/aromatic N) is 2. The summed E-state index contributed by atoms with van der Waals surface area (Å²) in [5, 5.41) is 10.2. The van der Waals surface area contributed by atoms with Crippen molar-refractivity contribution in [3.8, 4) is 33.6 Å². The van der Waals surface area contributed by atoms with Crippen LogP contribution in [0.2, 0.25) is 0 Å². The third-order valence-corrected chi connectivity index (χ3v) is 12.2. The largest absolute Gasteiger partial charge is 0.309 e. The van der Waals surface area contributed by atoms with Gasteiger partial charge in [-0.05, 0) is 123 Å². The van der Waals surface area contributed by atoms with Crippen LogP contribution in [0.5, 0.6) is 0 Å². The maximum absolute atomic E-state index is 2.48. The third kappa shape index (κ3) is 4.56. The van der Waals surface area contributed by atoms with E-state index >= 15 is 0 Å². The molecule has 0 aliphatic heterocycles. The summed E-state index contributed by atoms with van der Waals surface area (Å²) in [5.74, 6) is 0. The number of allylic oxidation sites excluding steroid dienone is 1. The number of rotatable bonds is 4. The van der Waals surface area contributed by atoms with Gasteiger partial charge >= 0.3 is 0 Å². The van der Waals surface area contributed by atoms with Crippen molar-refractivity contribution in [3.63, 3.8) is 0 Å².